The number of amides is 1. The number of rotatable bonds is 6. The van der Waals surface area contributed by atoms with Gasteiger partial charge in [0, 0.05) is 17.7 Å². The normalized spacial score (nSPS) is 12.0. The van der Waals surface area contributed by atoms with Crippen LogP contribution < -0.4 is 5.32 Å². The predicted molar refractivity (Wildman–Crippen MR) is 108 cm³/mol. The lowest BCUT2D eigenvalue weighted by Crippen LogP contribution is -2.27. The number of carbonyl (C=O) groups excluding carboxylic acids is 2. The number of hydrogen-bond acceptors (Lipinski definition) is 5. The molecular formula is C22H26N2O4. The number of aromatic nitrogens is 1. The fourth-order valence-corrected chi connectivity index (χ4v) is 2.64. The standard InChI is InChI=1S/C22H26N2O4/c1-6-27-20(25)15(2)19(16-10-8-7-9-11-16)17-12-13-18(23-14-17)24-21(26)28-22(3,4)5/h7-14,19H,2,6H2,1,3-5H3,(H,23,24,26). The number of esters is 1. The molecule has 0 saturated carbocycles. The van der Waals surface area contributed by atoms with Crippen LogP contribution >= 0.6 is 0 Å². The molecule has 0 radical (unpaired) electrons. The van der Waals surface area contributed by atoms with Crippen molar-refractivity contribution in [1.29, 1.82) is 0 Å². The third-order valence-electron chi connectivity index (χ3n) is 3.77. The summed E-state index contributed by atoms with van der Waals surface area (Å²) in [6.07, 6.45) is 1.03. The van der Waals surface area contributed by atoms with Gasteiger partial charge < -0.3 is 9.47 Å². The largest absolute Gasteiger partial charge is 0.463 e. The van der Waals surface area contributed by atoms with Gasteiger partial charge in [-0.25, -0.2) is 14.6 Å². The molecule has 6 heteroatoms. The molecule has 1 N–H and O–H groups in total. The van der Waals surface area contributed by atoms with Crippen LogP contribution in [0.15, 0.2) is 60.8 Å². The first-order valence-electron chi connectivity index (χ1n) is 9.08. The summed E-state index contributed by atoms with van der Waals surface area (Å²) in [7, 11) is 0. The zero-order chi connectivity index (χ0) is 20.7. The van der Waals surface area contributed by atoms with E-state index in [1.54, 1.807) is 46.0 Å². The SMILES string of the molecule is C=C(C(=O)OCC)C(c1ccccc1)c1ccc(NC(=O)OC(C)(C)C)nc1. The molecule has 0 saturated heterocycles. The molecule has 28 heavy (non-hydrogen) atoms. The maximum absolute atomic E-state index is 12.3. The molecule has 0 aliphatic carbocycles. The number of benzene rings is 1. The first-order chi connectivity index (χ1) is 13.2. The molecule has 6 nitrogen and oxygen atoms in total. The van der Waals surface area contributed by atoms with Gasteiger partial charge in [-0.1, -0.05) is 43.0 Å². The van der Waals surface area contributed by atoms with Crippen molar-refractivity contribution in [1.82, 2.24) is 4.98 Å². The number of pyridine rings is 1. The van der Waals surface area contributed by atoms with Crippen LogP contribution in [0.25, 0.3) is 0 Å². The monoisotopic (exact) mass is 382 g/mol. The summed E-state index contributed by atoms with van der Waals surface area (Å²) in [6, 6.07) is 13.0. The van der Waals surface area contributed by atoms with Crippen LogP contribution in [0.4, 0.5) is 10.6 Å². The van der Waals surface area contributed by atoms with Crippen molar-refractivity contribution in [2.75, 3.05) is 11.9 Å². The molecule has 2 aromatic rings. The van der Waals surface area contributed by atoms with Crippen LogP contribution in [0.5, 0.6) is 0 Å². The summed E-state index contributed by atoms with van der Waals surface area (Å²) >= 11 is 0. The lowest BCUT2D eigenvalue weighted by molar-refractivity contribution is -0.138. The molecule has 1 heterocycles. The summed E-state index contributed by atoms with van der Waals surface area (Å²) in [4.78, 5) is 28.4. The van der Waals surface area contributed by atoms with Gasteiger partial charge in [0.25, 0.3) is 0 Å². The van der Waals surface area contributed by atoms with E-state index in [0.29, 0.717) is 11.4 Å². The zero-order valence-corrected chi connectivity index (χ0v) is 16.7. The van der Waals surface area contributed by atoms with Crippen LogP contribution in [0, 0.1) is 0 Å². The van der Waals surface area contributed by atoms with E-state index in [2.05, 4.69) is 16.9 Å². The molecule has 0 aliphatic rings. The summed E-state index contributed by atoms with van der Waals surface area (Å²) in [5, 5.41) is 2.59. The Morgan fingerprint density at radius 1 is 1.11 bits per heavy atom. The number of anilines is 1. The quantitative estimate of drug-likeness (QED) is 0.580. The first-order valence-corrected chi connectivity index (χ1v) is 9.08. The number of hydrogen-bond donors (Lipinski definition) is 1. The minimum absolute atomic E-state index is 0.274. The van der Waals surface area contributed by atoms with Crippen molar-refractivity contribution in [2.45, 2.75) is 39.2 Å². The summed E-state index contributed by atoms with van der Waals surface area (Å²) in [6.45, 7) is 11.3. The van der Waals surface area contributed by atoms with Crippen LogP contribution in [-0.2, 0) is 14.3 Å². The summed E-state index contributed by atoms with van der Waals surface area (Å²) < 4.78 is 10.3. The Hall–Kier alpha value is -3.15. The van der Waals surface area contributed by atoms with E-state index in [1.807, 2.05) is 30.3 Å². The number of nitrogens with zero attached hydrogens (tertiary/aromatic N) is 1. The second kappa shape index (κ2) is 9.17. The average molecular weight is 382 g/mol. The Morgan fingerprint density at radius 3 is 2.32 bits per heavy atom. The molecule has 0 aliphatic heterocycles. The van der Waals surface area contributed by atoms with Crippen molar-refractivity contribution in [3.63, 3.8) is 0 Å². The van der Waals surface area contributed by atoms with Gasteiger partial charge in [-0.3, -0.25) is 5.32 Å². The van der Waals surface area contributed by atoms with Crippen molar-refractivity contribution >= 4 is 17.9 Å². The van der Waals surface area contributed by atoms with Crippen molar-refractivity contribution in [3.05, 3.63) is 71.9 Å². The van der Waals surface area contributed by atoms with Crippen molar-refractivity contribution in [2.24, 2.45) is 0 Å². The van der Waals surface area contributed by atoms with Gasteiger partial charge in [-0.2, -0.15) is 0 Å². The van der Waals surface area contributed by atoms with E-state index in [4.69, 9.17) is 9.47 Å². The van der Waals surface area contributed by atoms with Gasteiger partial charge in [-0.05, 0) is 44.9 Å². The third kappa shape index (κ3) is 5.94. The summed E-state index contributed by atoms with van der Waals surface area (Å²) in [5.74, 6) is -0.498. The molecule has 0 fully saturated rings. The van der Waals surface area contributed by atoms with Gasteiger partial charge in [0.15, 0.2) is 0 Å². The van der Waals surface area contributed by atoms with Crippen molar-refractivity contribution in [3.8, 4) is 0 Å². The fourth-order valence-electron chi connectivity index (χ4n) is 2.64. The van der Waals surface area contributed by atoms with E-state index in [0.717, 1.165) is 11.1 Å². The number of nitrogens with one attached hydrogen (secondary N) is 1. The van der Waals surface area contributed by atoms with E-state index in [9.17, 15) is 9.59 Å². The molecule has 148 valence electrons. The molecule has 0 spiro atoms. The van der Waals surface area contributed by atoms with E-state index in [-0.39, 0.29) is 6.61 Å². The topological polar surface area (TPSA) is 77.5 Å². The fraction of sp³-hybridized carbons (Fsp3) is 0.318. The Morgan fingerprint density at radius 2 is 1.79 bits per heavy atom. The van der Waals surface area contributed by atoms with E-state index >= 15 is 0 Å². The van der Waals surface area contributed by atoms with E-state index in [1.165, 1.54) is 0 Å². The average Bonchev–Trinajstić information content (AvgIpc) is 2.63. The minimum atomic E-state index is -0.597. The molecule has 1 amide bonds. The van der Waals surface area contributed by atoms with Gasteiger partial charge in [0.1, 0.15) is 11.4 Å². The first kappa shape index (κ1) is 21.2. The molecule has 0 bridgehead atoms. The maximum Gasteiger partial charge on any atom is 0.413 e. The molecule has 2 rings (SSSR count). The van der Waals surface area contributed by atoms with Gasteiger partial charge in [0.2, 0.25) is 0 Å². The van der Waals surface area contributed by atoms with Crippen LogP contribution in [0.1, 0.15) is 44.7 Å². The molecular weight excluding hydrogens is 356 g/mol. The van der Waals surface area contributed by atoms with Gasteiger partial charge in [-0.15, -0.1) is 0 Å². The maximum atomic E-state index is 12.3. The van der Waals surface area contributed by atoms with Crippen LogP contribution in [0.2, 0.25) is 0 Å². The lowest BCUT2D eigenvalue weighted by atomic mass is 9.86. The highest BCUT2D eigenvalue weighted by Gasteiger charge is 2.24. The van der Waals surface area contributed by atoms with Gasteiger partial charge in [0.05, 0.1) is 6.61 Å². The molecule has 1 atom stereocenters. The second-order valence-electron chi connectivity index (χ2n) is 7.19. The second-order valence-corrected chi connectivity index (χ2v) is 7.19. The highest BCUT2D eigenvalue weighted by atomic mass is 16.6. The molecule has 1 aromatic heterocycles. The van der Waals surface area contributed by atoms with Crippen LogP contribution in [-0.4, -0.2) is 29.3 Å². The van der Waals surface area contributed by atoms with E-state index < -0.39 is 23.6 Å². The zero-order valence-electron chi connectivity index (χ0n) is 16.7. The smallest absolute Gasteiger partial charge is 0.413 e. The predicted octanol–water partition coefficient (Wildman–Crippen LogP) is 4.68. The third-order valence-corrected chi connectivity index (χ3v) is 3.77. The summed E-state index contributed by atoms with van der Waals surface area (Å²) in [5.41, 5.74) is 1.39. The Labute approximate surface area is 165 Å². The van der Waals surface area contributed by atoms with Crippen LogP contribution in [0.3, 0.4) is 0 Å². The Bertz CT molecular complexity index is 824. The molecule has 1 aromatic carbocycles. The van der Waals surface area contributed by atoms with Crippen molar-refractivity contribution < 1.29 is 19.1 Å². The van der Waals surface area contributed by atoms with Gasteiger partial charge >= 0.3 is 12.1 Å². The highest BCUT2D eigenvalue weighted by molar-refractivity contribution is 5.90. The number of carbonyl (C=O) groups is 2. The highest BCUT2D eigenvalue weighted by Crippen LogP contribution is 2.31. The lowest BCUT2D eigenvalue weighted by Gasteiger charge is -2.21. The Balaban J connectivity index is 2.25. The minimum Gasteiger partial charge on any atom is -0.463 e. The molecule has 1 unspecified atom stereocenters. The Kier molecular flexibility index (Phi) is 6.93. The number of ether oxygens (including phenoxy) is 2.